The van der Waals surface area contributed by atoms with Crippen molar-refractivity contribution >= 4 is 0 Å². The van der Waals surface area contributed by atoms with Gasteiger partial charge in [-0.05, 0) is 45.7 Å². The number of ether oxygens (including phenoxy) is 4. The topological polar surface area (TPSA) is 36.9 Å². The number of hydrogen-bond acceptors (Lipinski definition) is 4. The predicted molar refractivity (Wildman–Crippen MR) is 110 cm³/mol. The predicted octanol–water partition coefficient (Wildman–Crippen LogP) is 5.45. The minimum Gasteiger partial charge on any atom is -0.374 e. The van der Waals surface area contributed by atoms with Crippen LogP contribution in [0.15, 0.2) is 60.7 Å². The van der Waals surface area contributed by atoms with Crippen LogP contribution in [0.2, 0.25) is 0 Å². The third-order valence-electron chi connectivity index (χ3n) is 4.75. The van der Waals surface area contributed by atoms with E-state index in [1.165, 1.54) is 0 Å². The first kappa shape index (κ1) is 21.0. The van der Waals surface area contributed by atoms with Gasteiger partial charge in [-0.3, -0.25) is 0 Å². The molecule has 4 atom stereocenters. The van der Waals surface area contributed by atoms with Crippen molar-refractivity contribution in [1.29, 1.82) is 0 Å². The zero-order chi connectivity index (χ0) is 20.4. The smallest absolute Gasteiger partial charge is 0.164 e. The van der Waals surface area contributed by atoms with Gasteiger partial charge >= 0.3 is 0 Å². The largest absolute Gasteiger partial charge is 0.374 e. The molecule has 1 saturated heterocycles. The summed E-state index contributed by atoms with van der Waals surface area (Å²) in [7, 11) is 1.71. The highest BCUT2D eigenvalue weighted by Gasteiger charge is 2.50. The first-order valence-electron chi connectivity index (χ1n) is 9.86. The summed E-state index contributed by atoms with van der Waals surface area (Å²) in [5.41, 5.74) is 1.79. The van der Waals surface area contributed by atoms with E-state index in [9.17, 15) is 0 Å². The Morgan fingerprint density at radius 3 is 1.64 bits per heavy atom. The molecule has 1 aliphatic heterocycles. The van der Waals surface area contributed by atoms with E-state index in [0.717, 1.165) is 11.1 Å². The number of rotatable bonds is 6. The van der Waals surface area contributed by atoms with E-state index in [1.807, 2.05) is 50.2 Å². The van der Waals surface area contributed by atoms with Gasteiger partial charge in [-0.15, -0.1) is 0 Å². The second-order valence-electron chi connectivity index (χ2n) is 8.69. The summed E-state index contributed by atoms with van der Waals surface area (Å²) < 4.78 is 25.2. The molecule has 0 saturated carbocycles. The molecular weight excluding hydrogens is 352 g/mol. The maximum Gasteiger partial charge on any atom is 0.164 e. The highest BCUT2D eigenvalue weighted by atomic mass is 16.8. The Kier molecular flexibility index (Phi) is 6.25. The van der Waals surface area contributed by atoms with Crippen molar-refractivity contribution in [3.05, 3.63) is 71.8 Å². The van der Waals surface area contributed by atoms with Crippen molar-refractivity contribution in [1.82, 2.24) is 0 Å². The minimum atomic E-state index is -0.727. The monoisotopic (exact) mass is 384 g/mol. The molecule has 4 heteroatoms. The van der Waals surface area contributed by atoms with E-state index in [1.54, 1.807) is 7.11 Å². The third kappa shape index (κ3) is 5.00. The van der Waals surface area contributed by atoms with Gasteiger partial charge in [-0.1, -0.05) is 60.7 Å². The van der Waals surface area contributed by atoms with Crippen molar-refractivity contribution < 1.29 is 18.9 Å². The normalized spacial score (nSPS) is 24.1. The molecule has 2 aromatic carbocycles. The van der Waals surface area contributed by atoms with E-state index >= 15 is 0 Å². The van der Waals surface area contributed by atoms with E-state index < -0.39 is 5.79 Å². The van der Waals surface area contributed by atoms with Crippen molar-refractivity contribution in [3.63, 3.8) is 0 Å². The lowest BCUT2D eigenvalue weighted by Crippen LogP contribution is -2.39. The van der Waals surface area contributed by atoms with Crippen LogP contribution in [-0.2, 0) is 18.9 Å². The Balaban J connectivity index is 2.01. The van der Waals surface area contributed by atoms with Crippen LogP contribution < -0.4 is 0 Å². The zero-order valence-corrected chi connectivity index (χ0v) is 17.7. The summed E-state index contributed by atoms with van der Waals surface area (Å²) >= 11 is 0. The molecule has 2 unspecified atom stereocenters. The van der Waals surface area contributed by atoms with Gasteiger partial charge in [0.1, 0.15) is 24.4 Å². The molecule has 4 nitrogen and oxygen atoms in total. The Morgan fingerprint density at radius 1 is 0.786 bits per heavy atom. The van der Waals surface area contributed by atoms with Gasteiger partial charge in [0, 0.05) is 7.11 Å². The van der Waals surface area contributed by atoms with Crippen molar-refractivity contribution in [3.8, 4) is 0 Å². The number of methoxy groups -OCH3 is 1. The van der Waals surface area contributed by atoms with E-state index in [2.05, 4.69) is 45.0 Å². The van der Waals surface area contributed by atoms with E-state index in [4.69, 9.17) is 18.9 Å². The first-order valence-corrected chi connectivity index (χ1v) is 9.86. The molecule has 1 aliphatic rings. The molecule has 152 valence electrons. The van der Waals surface area contributed by atoms with Crippen LogP contribution in [0.1, 0.15) is 58.0 Å². The van der Waals surface area contributed by atoms with Crippen LogP contribution in [0.5, 0.6) is 0 Å². The van der Waals surface area contributed by atoms with Gasteiger partial charge in [0.05, 0.1) is 5.60 Å². The van der Waals surface area contributed by atoms with E-state index in [-0.39, 0.29) is 30.0 Å². The average Bonchev–Trinajstić information content (AvgIpc) is 2.96. The second kappa shape index (κ2) is 8.34. The Hall–Kier alpha value is -1.72. The molecule has 0 spiro atoms. The molecule has 0 bridgehead atoms. The van der Waals surface area contributed by atoms with Crippen LogP contribution >= 0.6 is 0 Å². The summed E-state index contributed by atoms with van der Waals surface area (Å²) in [6, 6.07) is 20.3. The molecule has 28 heavy (non-hydrogen) atoms. The van der Waals surface area contributed by atoms with Gasteiger partial charge in [0.25, 0.3) is 0 Å². The molecule has 0 N–H and O–H groups in total. The van der Waals surface area contributed by atoms with Crippen molar-refractivity contribution in [2.24, 2.45) is 0 Å². The molecular formula is C24H32O4. The average molecular weight is 385 g/mol. The lowest BCUT2D eigenvalue weighted by Gasteiger charge is -2.35. The quantitative estimate of drug-likeness (QED) is 0.663. The summed E-state index contributed by atoms with van der Waals surface area (Å²) in [5, 5.41) is 0. The van der Waals surface area contributed by atoms with Gasteiger partial charge < -0.3 is 18.9 Å². The van der Waals surface area contributed by atoms with Crippen LogP contribution in [0.25, 0.3) is 0 Å². The molecule has 2 aromatic rings. The lowest BCUT2D eigenvalue weighted by molar-refractivity contribution is -0.174. The third-order valence-corrected chi connectivity index (χ3v) is 4.75. The highest BCUT2D eigenvalue weighted by molar-refractivity contribution is 5.23. The lowest BCUT2D eigenvalue weighted by atomic mass is 9.93. The zero-order valence-electron chi connectivity index (χ0n) is 17.7. The summed E-state index contributed by atoms with van der Waals surface area (Å²) in [4.78, 5) is 0. The Morgan fingerprint density at radius 2 is 1.21 bits per heavy atom. The second-order valence-corrected chi connectivity index (χ2v) is 8.69. The fourth-order valence-corrected chi connectivity index (χ4v) is 3.74. The molecule has 0 aromatic heterocycles. The van der Waals surface area contributed by atoms with Gasteiger partial charge in [-0.25, -0.2) is 0 Å². The van der Waals surface area contributed by atoms with E-state index in [0.29, 0.717) is 0 Å². The maximum absolute atomic E-state index is 6.50. The molecule has 1 heterocycles. The highest BCUT2D eigenvalue weighted by Crippen LogP contribution is 2.44. The summed E-state index contributed by atoms with van der Waals surface area (Å²) in [6.07, 6.45) is -1.17. The van der Waals surface area contributed by atoms with Crippen LogP contribution in [0.4, 0.5) is 0 Å². The van der Waals surface area contributed by atoms with Gasteiger partial charge in [0.15, 0.2) is 5.79 Å². The van der Waals surface area contributed by atoms with Crippen molar-refractivity contribution in [2.75, 3.05) is 7.11 Å². The van der Waals surface area contributed by atoms with Crippen LogP contribution in [0.3, 0.4) is 0 Å². The van der Waals surface area contributed by atoms with Crippen LogP contribution in [0, 0.1) is 0 Å². The standard InChI is InChI=1S/C24H32O4/c1-23(2,3)26-20(18-15-11-8-12-16-18)22-21(27-24(4,5)28-22)19(25-6)17-13-9-7-10-14-17/h7-16,19-22H,1-6H3/t19?,20-,21?,22+/m1/s1. The fraction of sp³-hybridized carbons (Fsp3) is 0.500. The minimum absolute atomic E-state index is 0.261. The molecule has 0 radical (unpaired) electrons. The Labute approximate surface area is 168 Å². The molecule has 0 aliphatic carbocycles. The summed E-state index contributed by atoms with van der Waals surface area (Å²) in [5.74, 6) is -0.727. The SMILES string of the molecule is COC(c1ccccc1)C1OC(C)(C)O[C@H]1[C@H](OC(C)(C)C)c1ccccc1. The first-order chi connectivity index (χ1) is 13.2. The maximum atomic E-state index is 6.50. The number of benzene rings is 2. The molecule has 1 fully saturated rings. The van der Waals surface area contributed by atoms with Gasteiger partial charge in [-0.2, -0.15) is 0 Å². The van der Waals surface area contributed by atoms with Gasteiger partial charge in [0.2, 0.25) is 0 Å². The summed E-state index contributed by atoms with van der Waals surface area (Å²) in [6.45, 7) is 10.1. The van der Waals surface area contributed by atoms with Crippen LogP contribution in [-0.4, -0.2) is 30.7 Å². The fourth-order valence-electron chi connectivity index (χ4n) is 3.74. The molecule has 3 rings (SSSR count). The number of hydrogen-bond donors (Lipinski definition) is 0. The molecule has 0 amide bonds. The van der Waals surface area contributed by atoms with Crippen molar-refractivity contribution in [2.45, 2.75) is 70.4 Å². The Bertz CT molecular complexity index is 736.